The predicted molar refractivity (Wildman–Crippen MR) is 105 cm³/mol. The molecule has 4 rings (SSSR count). The summed E-state index contributed by atoms with van der Waals surface area (Å²) < 4.78 is 2.54. The Morgan fingerprint density at radius 2 is 2.07 bits per heavy atom. The van der Waals surface area contributed by atoms with Crippen LogP contribution in [0.25, 0.3) is 15.9 Å². The van der Waals surface area contributed by atoms with E-state index in [1.165, 1.54) is 10.7 Å². The molecule has 1 amide bonds. The van der Waals surface area contributed by atoms with Gasteiger partial charge in [-0.2, -0.15) is 0 Å². The average Bonchev–Trinajstić information content (AvgIpc) is 3.11. The molecule has 9 heteroatoms. The fraction of sp³-hybridized carbons (Fsp3) is 0.222. The third-order valence-electron chi connectivity index (χ3n) is 4.48. The zero-order valence-electron chi connectivity index (χ0n) is 14.7. The van der Waals surface area contributed by atoms with E-state index < -0.39 is 5.69 Å². The summed E-state index contributed by atoms with van der Waals surface area (Å²) in [5, 5.41) is 8.58. The number of amides is 1. The van der Waals surface area contributed by atoms with Crippen LogP contribution in [0.2, 0.25) is 5.02 Å². The van der Waals surface area contributed by atoms with Gasteiger partial charge in [0.05, 0.1) is 5.39 Å². The molecular formula is C18H16ClN5O2S. The number of benzene rings is 1. The summed E-state index contributed by atoms with van der Waals surface area (Å²) in [7, 11) is 0. The third kappa shape index (κ3) is 3.11. The molecule has 3 aromatic heterocycles. The van der Waals surface area contributed by atoms with Crippen molar-refractivity contribution in [3.63, 3.8) is 0 Å². The molecule has 0 unspecified atom stereocenters. The van der Waals surface area contributed by atoms with Gasteiger partial charge < -0.3 is 5.32 Å². The van der Waals surface area contributed by atoms with Gasteiger partial charge in [-0.15, -0.1) is 16.4 Å². The number of hydrogen-bond donors (Lipinski definition) is 1. The monoisotopic (exact) mass is 401 g/mol. The van der Waals surface area contributed by atoms with Crippen LogP contribution in [0.5, 0.6) is 0 Å². The number of carbonyl (C=O) groups excluding carboxylic acids is 1. The molecular weight excluding hydrogens is 386 g/mol. The number of aromatic nitrogens is 4. The summed E-state index contributed by atoms with van der Waals surface area (Å²) in [6.45, 7) is 4.11. The minimum Gasteiger partial charge on any atom is -0.350 e. The van der Waals surface area contributed by atoms with Crippen molar-refractivity contribution in [1.29, 1.82) is 0 Å². The van der Waals surface area contributed by atoms with Gasteiger partial charge in [0.25, 0.3) is 0 Å². The molecule has 0 radical (unpaired) electrons. The Labute approximate surface area is 163 Å². The zero-order chi connectivity index (χ0) is 19.1. The number of carbonyl (C=O) groups is 1. The van der Waals surface area contributed by atoms with Gasteiger partial charge in [0.15, 0.2) is 5.65 Å². The maximum Gasteiger partial charge on any atom is 0.352 e. The highest BCUT2D eigenvalue weighted by molar-refractivity contribution is 7.18. The molecule has 138 valence electrons. The second-order valence-electron chi connectivity index (χ2n) is 6.21. The molecule has 1 aromatic carbocycles. The molecule has 0 aliphatic carbocycles. The molecule has 27 heavy (non-hydrogen) atoms. The molecule has 0 saturated carbocycles. The minimum absolute atomic E-state index is 0.172. The minimum atomic E-state index is -0.393. The number of hydrogen-bond acceptors (Lipinski definition) is 5. The van der Waals surface area contributed by atoms with Crippen molar-refractivity contribution in [2.45, 2.75) is 26.9 Å². The van der Waals surface area contributed by atoms with Crippen LogP contribution in [0.3, 0.4) is 0 Å². The van der Waals surface area contributed by atoms with E-state index in [9.17, 15) is 9.59 Å². The first-order valence-electron chi connectivity index (χ1n) is 8.29. The van der Waals surface area contributed by atoms with Gasteiger partial charge in [-0.1, -0.05) is 29.8 Å². The van der Waals surface area contributed by atoms with Crippen molar-refractivity contribution in [3.8, 4) is 0 Å². The zero-order valence-corrected chi connectivity index (χ0v) is 16.3. The first-order chi connectivity index (χ1) is 13.0. The molecule has 4 aromatic rings. The van der Waals surface area contributed by atoms with Gasteiger partial charge >= 0.3 is 5.69 Å². The molecule has 0 aliphatic rings. The maximum atomic E-state index is 12.6. The summed E-state index contributed by atoms with van der Waals surface area (Å²) in [6.07, 6.45) is 1.46. The highest BCUT2D eigenvalue weighted by Crippen LogP contribution is 2.30. The molecule has 1 N–H and O–H groups in total. The molecule has 0 aliphatic heterocycles. The van der Waals surface area contributed by atoms with Crippen molar-refractivity contribution in [2.24, 2.45) is 0 Å². The van der Waals surface area contributed by atoms with Crippen molar-refractivity contribution in [2.75, 3.05) is 0 Å². The van der Waals surface area contributed by atoms with Gasteiger partial charge in [-0.25, -0.2) is 18.9 Å². The second-order valence-corrected chi connectivity index (χ2v) is 7.82. The van der Waals surface area contributed by atoms with Crippen LogP contribution >= 0.6 is 22.9 Å². The standard InChI is InChI=1S/C18H16ClN5O2S/c1-10-11(2)27-17-15(10)16-22-24(18(26)23(16)9-21-17)8-14(25)20-7-12-5-3-4-6-13(12)19/h3-6,9H,7-8H2,1-2H3,(H,20,25). The van der Waals surface area contributed by atoms with Crippen LogP contribution < -0.4 is 11.0 Å². The summed E-state index contributed by atoms with van der Waals surface area (Å²) >= 11 is 7.65. The second kappa shape index (κ2) is 6.79. The van der Waals surface area contributed by atoms with E-state index in [1.54, 1.807) is 17.4 Å². The van der Waals surface area contributed by atoms with Crippen molar-refractivity contribution in [1.82, 2.24) is 24.5 Å². The van der Waals surface area contributed by atoms with E-state index in [0.717, 1.165) is 30.9 Å². The Hall–Kier alpha value is -2.71. The average molecular weight is 402 g/mol. The van der Waals surface area contributed by atoms with Crippen LogP contribution in [0.4, 0.5) is 0 Å². The first-order valence-corrected chi connectivity index (χ1v) is 9.49. The summed E-state index contributed by atoms with van der Waals surface area (Å²) in [5.41, 5.74) is 1.99. The molecule has 0 bridgehead atoms. The maximum absolute atomic E-state index is 12.6. The van der Waals surface area contributed by atoms with Crippen LogP contribution in [-0.2, 0) is 17.9 Å². The quantitative estimate of drug-likeness (QED) is 0.570. The number of halogens is 1. The smallest absolute Gasteiger partial charge is 0.350 e. The summed E-state index contributed by atoms with van der Waals surface area (Å²) in [5.74, 6) is -0.317. The SMILES string of the molecule is Cc1sc2ncn3c(=O)n(CC(=O)NCc4ccccc4Cl)nc3c2c1C. The van der Waals surface area contributed by atoms with Crippen LogP contribution in [-0.4, -0.2) is 25.1 Å². The Morgan fingerprint density at radius 3 is 2.85 bits per heavy atom. The highest BCUT2D eigenvalue weighted by atomic mass is 35.5. The van der Waals surface area contributed by atoms with E-state index in [0.29, 0.717) is 10.7 Å². The van der Waals surface area contributed by atoms with E-state index >= 15 is 0 Å². The van der Waals surface area contributed by atoms with Crippen molar-refractivity contribution >= 4 is 44.7 Å². The van der Waals surface area contributed by atoms with E-state index in [1.807, 2.05) is 32.0 Å². The molecule has 0 fully saturated rings. The topological polar surface area (TPSA) is 81.3 Å². The number of aryl methyl sites for hydroxylation is 2. The summed E-state index contributed by atoms with van der Waals surface area (Å²) in [6, 6.07) is 7.28. The largest absolute Gasteiger partial charge is 0.352 e. The van der Waals surface area contributed by atoms with E-state index in [-0.39, 0.29) is 19.0 Å². The lowest BCUT2D eigenvalue weighted by Crippen LogP contribution is -2.32. The number of rotatable bonds is 4. The summed E-state index contributed by atoms with van der Waals surface area (Å²) in [4.78, 5) is 31.2. The van der Waals surface area contributed by atoms with Gasteiger partial charge in [0.2, 0.25) is 5.91 Å². The predicted octanol–water partition coefficient (Wildman–Crippen LogP) is 2.69. The van der Waals surface area contributed by atoms with Crippen LogP contribution in [0.1, 0.15) is 16.0 Å². The lowest BCUT2D eigenvalue weighted by Gasteiger charge is -2.06. The van der Waals surface area contributed by atoms with Crippen LogP contribution in [0, 0.1) is 13.8 Å². The van der Waals surface area contributed by atoms with Gasteiger partial charge in [0, 0.05) is 16.4 Å². The Morgan fingerprint density at radius 1 is 1.30 bits per heavy atom. The molecule has 7 nitrogen and oxygen atoms in total. The van der Waals surface area contributed by atoms with Crippen molar-refractivity contribution in [3.05, 3.63) is 62.1 Å². The molecule has 0 spiro atoms. The third-order valence-corrected chi connectivity index (χ3v) is 5.96. The Balaban J connectivity index is 1.61. The lowest BCUT2D eigenvalue weighted by molar-refractivity contribution is -0.122. The van der Waals surface area contributed by atoms with Crippen LogP contribution in [0.15, 0.2) is 35.4 Å². The number of thiophene rings is 1. The first kappa shape index (κ1) is 17.7. The molecule has 0 atom stereocenters. The molecule has 3 heterocycles. The fourth-order valence-electron chi connectivity index (χ4n) is 2.90. The van der Waals surface area contributed by atoms with E-state index in [4.69, 9.17) is 11.6 Å². The lowest BCUT2D eigenvalue weighted by atomic mass is 10.2. The van der Waals surface area contributed by atoms with Gasteiger partial charge in [-0.05, 0) is 31.0 Å². The number of nitrogens with one attached hydrogen (secondary N) is 1. The van der Waals surface area contributed by atoms with Crippen molar-refractivity contribution < 1.29 is 4.79 Å². The Bertz CT molecular complexity index is 1240. The highest BCUT2D eigenvalue weighted by Gasteiger charge is 2.17. The number of nitrogens with zero attached hydrogens (tertiary/aromatic N) is 4. The van der Waals surface area contributed by atoms with E-state index in [2.05, 4.69) is 15.4 Å². The van der Waals surface area contributed by atoms with Gasteiger partial charge in [0.1, 0.15) is 17.7 Å². The van der Waals surface area contributed by atoms with Gasteiger partial charge in [-0.3, -0.25) is 4.79 Å². The fourth-order valence-corrected chi connectivity index (χ4v) is 4.09. The normalized spacial score (nSPS) is 11.4. The molecule has 0 saturated heterocycles. The number of fused-ring (bicyclic) bond motifs is 3. The Kier molecular flexibility index (Phi) is 4.45.